The van der Waals surface area contributed by atoms with Crippen LogP contribution in [0.4, 0.5) is 8.78 Å². The third kappa shape index (κ3) is 6.14. The van der Waals surface area contributed by atoms with Crippen LogP contribution in [0, 0.1) is 11.6 Å². The predicted molar refractivity (Wildman–Crippen MR) is 111 cm³/mol. The summed E-state index contributed by atoms with van der Waals surface area (Å²) in [6, 6.07) is 13.7. The zero-order chi connectivity index (χ0) is 20.5. The summed E-state index contributed by atoms with van der Waals surface area (Å²) < 4.78 is 29.1. The summed E-state index contributed by atoms with van der Waals surface area (Å²) in [5, 5.41) is 6.32. The molecular formula is C22H25F2N5. The molecule has 152 valence electrons. The molecule has 0 atom stereocenters. The summed E-state index contributed by atoms with van der Waals surface area (Å²) >= 11 is 0. The van der Waals surface area contributed by atoms with E-state index in [0.29, 0.717) is 37.6 Å². The molecule has 1 aromatic heterocycles. The van der Waals surface area contributed by atoms with Gasteiger partial charge in [0, 0.05) is 32.0 Å². The first-order chi connectivity index (χ1) is 14.2. The Kier molecular flexibility index (Phi) is 7.33. The largest absolute Gasteiger partial charge is 0.357 e. The van der Waals surface area contributed by atoms with Crippen molar-refractivity contribution in [3.8, 4) is 0 Å². The zero-order valence-electron chi connectivity index (χ0n) is 16.4. The molecule has 2 aromatic carbocycles. The van der Waals surface area contributed by atoms with Crippen molar-refractivity contribution in [2.45, 2.75) is 26.4 Å². The topological polar surface area (TPSA) is 54.2 Å². The fourth-order valence-corrected chi connectivity index (χ4v) is 2.96. The highest BCUT2D eigenvalue weighted by molar-refractivity contribution is 5.79. The van der Waals surface area contributed by atoms with Gasteiger partial charge in [0.1, 0.15) is 24.0 Å². The van der Waals surface area contributed by atoms with E-state index in [1.807, 2.05) is 31.3 Å². The van der Waals surface area contributed by atoms with Gasteiger partial charge in [0.05, 0.1) is 0 Å². The van der Waals surface area contributed by atoms with Crippen LogP contribution in [0.1, 0.15) is 23.9 Å². The SMILES string of the molecule is CCNC(=NCc1nccn1Cc1ccccc1)NCCc1cc(F)ccc1F. The van der Waals surface area contributed by atoms with Gasteiger partial charge in [-0.1, -0.05) is 30.3 Å². The molecule has 0 bridgehead atoms. The van der Waals surface area contributed by atoms with Crippen molar-refractivity contribution < 1.29 is 8.78 Å². The van der Waals surface area contributed by atoms with Gasteiger partial charge in [0.15, 0.2) is 5.96 Å². The summed E-state index contributed by atoms with van der Waals surface area (Å²) in [5.74, 6) is 0.617. The number of aliphatic imine (C=N–C) groups is 1. The average Bonchev–Trinajstić information content (AvgIpc) is 3.16. The van der Waals surface area contributed by atoms with Gasteiger partial charge in [-0.15, -0.1) is 0 Å². The monoisotopic (exact) mass is 397 g/mol. The molecule has 0 radical (unpaired) electrons. The number of halogens is 2. The van der Waals surface area contributed by atoms with E-state index in [0.717, 1.165) is 24.5 Å². The molecule has 0 saturated carbocycles. The summed E-state index contributed by atoms with van der Waals surface area (Å²) in [5.41, 5.74) is 1.53. The Bertz CT molecular complexity index is 937. The maximum atomic E-state index is 13.7. The van der Waals surface area contributed by atoms with Crippen LogP contribution in [0.2, 0.25) is 0 Å². The molecule has 1 heterocycles. The molecule has 7 heteroatoms. The second kappa shape index (κ2) is 10.4. The minimum absolute atomic E-state index is 0.340. The number of imidazole rings is 1. The van der Waals surface area contributed by atoms with Crippen LogP contribution in [0.25, 0.3) is 0 Å². The fourth-order valence-electron chi connectivity index (χ4n) is 2.96. The maximum Gasteiger partial charge on any atom is 0.191 e. The second-order valence-electron chi connectivity index (χ2n) is 6.56. The van der Waals surface area contributed by atoms with E-state index >= 15 is 0 Å². The molecule has 0 unspecified atom stereocenters. The lowest BCUT2D eigenvalue weighted by atomic mass is 10.1. The lowest BCUT2D eigenvalue weighted by Crippen LogP contribution is -2.38. The Morgan fingerprint density at radius 2 is 1.93 bits per heavy atom. The molecule has 0 aliphatic carbocycles. The molecule has 3 aromatic rings. The quantitative estimate of drug-likeness (QED) is 0.452. The first-order valence-corrected chi connectivity index (χ1v) is 9.65. The number of nitrogens with one attached hydrogen (secondary N) is 2. The first kappa shape index (κ1) is 20.5. The molecule has 29 heavy (non-hydrogen) atoms. The number of aromatic nitrogens is 2. The van der Waals surface area contributed by atoms with E-state index in [1.165, 1.54) is 11.6 Å². The fraction of sp³-hybridized carbons (Fsp3) is 0.273. The summed E-state index contributed by atoms with van der Waals surface area (Å²) in [6.07, 6.45) is 4.06. The van der Waals surface area contributed by atoms with Crippen molar-refractivity contribution in [2.75, 3.05) is 13.1 Å². The van der Waals surface area contributed by atoms with Gasteiger partial charge < -0.3 is 15.2 Å². The number of guanidine groups is 1. The van der Waals surface area contributed by atoms with E-state index in [1.54, 1.807) is 6.20 Å². The van der Waals surface area contributed by atoms with E-state index in [-0.39, 0.29) is 0 Å². The molecule has 0 aliphatic rings. The standard InChI is InChI=1S/C22H25F2N5/c1-2-25-22(27-11-10-18-14-19(23)8-9-20(18)24)28-15-21-26-12-13-29(21)16-17-6-4-3-5-7-17/h3-9,12-14H,2,10-11,15-16H2,1H3,(H2,25,27,28). The van der Waals surface area contributed by atoms with E-state index in [2.05, 4.69) is 37.3 Å². The number of hydrogen-bond donors (Lipinski definition) is 2. The van der Waals surface area contributed by atoms with Crippen LogP contribution in [-0.4, -0.2) is 28.6 Å². The zero-order valence-corrected chi connectivity index (χ0v) is 16.4. The van der Waals surface area contributed by atoms with Gasteiger partial charge in [0.2, 0.25) is 0 Å². The summed E-state index contributed by atoms with van der Waals surface area (Å²) in [7, 11) is 0. The van der Waals surface area contributed by atoms with Crippen molar-refractivity contribution in [3.63, 3.8) is 0 Å². The molecular weight excluding hydrogens is 372 g/mol. The Hall–Kier alpha value is -3.22. The predicted octanol–water partition coefficient (Wildman–Crippen LogP) is 3.51. The van der Waals surface area contributed by atoms with Gasteiger partial charge in [-0.2, -0.15) is 0 Å². The van der Waals surface area contributed by atoms with Crippen molar-refractivity contribution in [2.24, 2.45) is 4.99 Å². The lowest BCUT2D eigenvalue weighted by molar-refractivity contribution is 0.583. The molecule has 5 nitrogen and oxygen atoms in total. The van der Waals surface area contributed by atoms with Crippen molar-refractivity contribution in [1.82, 2.24) is 20.2 Å². The summed E-state index contributed by atoms with van der Waals surface area (Å²) in [6.45, 7) is 4.24. The van der Waals surface area contributed by atoms with Gasteiger partial charge in [0.25, 0.3) is 0 Å². The van der Waals surface area contributed by atoms with Gasteiger partial charge in [-0.25, -0.2) is 18.8 Å². The molecule has 0 aliphatic heterocycles. The normalized spacial score (nSPS) is 11.5. The molecule has 0 spiro atoms. The van der Waals surface area contributed by atoms with Crippen LogP contribution in [-0.2, 0) is 19.5 Å². The van der Waals surface area contributed by atoms with Crippen LogP contribution in [0.15, 0.2) is 65.9 Å². The third-order valence-electron chi connectivity index (χ3n) is 4.41. The average molecular weight is 397 g/mol. The highest BCUT2D eigenvalue weighted by Crippen LogP contribution is 2.10. The molecule has 2 N–H and O–H groups in total. The molecule has 0 saturated heterocycles. The van der Waals surface area contributed by atoms with Crippen molar-refractivity contribution >= 4 is 5.96 Å². The van der Waals surface area contributed by atoms with Gasteiger partial charge in [-0.05, 0) is 42.7 Å². The number of benzene rings is 2. The minimum Gasteiger partial charge on any atom is -0.357 e. The smallest absolute Gasteiger partial charge is 0.191 e. The highest BCUT2D eigenvalue weighted by Gasteiger charge is 2.06. The number of rotatable bonds is 8. The van der Waals surface area contributed by atoms with Gasteiger partial charge in [-0.3, -0.25) is 0 Å². The Labute approximate surface area is 169 Å². The van der Waals surface area contributed by atoms with Crippen molar-refractivity contribution in [3.05, 3.63) is 89.5 Å². The Morgan fingerprint density at radius 3 is 2.72 bits per heavy atom. The van der Waals surface area contributed by atoms with Crippen LogP contribution in [0.5, 0.6) is 0 Å². The van der Waals surface area contributed by atoms with Crippen molar-refractivity contribution in [1.29, 1.82) is 0 Å². The second-order valence-corrected chi connectivity index (χ2v) is 6.56. The minimum atomic E-state index is -0.438. The number of hydrogen-bond acceptors (Lipinski definition) is 2. The van der Waals surface area contributed by atoms with Crippen LogP contribution in [0.3, 0.4) is 0 Å². The first-order valence-electron chi connectivity index (χ1n) is 9.65. The summed E-state index contributed by atoms with van der Waals surface area (Å²) in [4.78, 5) is 8.98. The highest BCUT2D eigenvalue weighted by atomic mass is 19.1. The van der Waals surface area contributed by atoms with Gasteiger partial charge >= 0.3 is 0 Å². The van der Waals surface area contributed by atoms with Crippen LogP contribution >= 0.6 is 0 Å². The third-order valence-corrected chi connectivity index (χ3v) is 4.41. The number of nitrogens with zero attached hydrogens (tertiary/aromatic N) is 3. The van der Waals surface area contributed by atoms with E-state index in [9.17, 15) is 8.78 Å². The van der Waals surface area contributed by atoms with Crippen LogP contribution < -0.4 is 10.6 Å². The Morgan fingerprint density at radius 1 is 1.10 bits per heavy atom. The van der Waals surface area contributed by atoms with E-state index < -0.39 is 11.6 Å². The van der Waals surface area contributed by atoms with E-state index in [4.69, 9.17) is 0 Å². The maximum absolute atomic E-state index is 13.7. The molecule has 0 amide bonds. The lowest BCUT2D eigenvalue weighted by Gasteiger charge is -2.12. The molecule has 0 fully saturated rings. The molecule has 3 rings (SSSR count). The Balaban J connectivity index is 1.59.